The molecule has 1 amide bonds. The molecule has 2 radical (unpaired) electrons. The molecule has 0 saturated carbocycles. The van der Waals surface area contributed by atoms with Crippen molar-refractivity contribution in [2.24, 2.45) is 0 Å². The van der Waals surface area contributed by atoms with Crippen molar-refractivity contribution in [2.75, 3.05) is 27.2 Å². The number of pyridine rings is 1. The van der Waals surface area contributed by atoms with Gasteiger partial charge in [-0.2, -0.15) is 0 Å². The van der Waals surface area contributed by atoms with Crippen LogP contribution in [0.25, 0.3) is 0 Å². The Balaban J connectivity index is 1.68. The molecule has 1 N–H and O–H groups in total. The highest BCUT2D eigenvalue weighted by Crippen LogP contribution is 2.28. The second-order valence-electron chi connectivity index (χ2n) is 6.61. The van der Waals surface area contributed by atoms with Gasteiger partial charge >= 0.3 is 0 Å². The SMILES string of the molecule is [B]N1CCC(c2cccc(OCc3ccc(C(=O)NC)cc3OC)n2)CC1. The van der Waals surface area contributed by atoms with Gasteiger partial charge in [0.05, 0.1) is 7.11 Å². The Kier molecular flexibility index (Phi) is 6.34. The van der Waals surface area contributed by atoms with Crippen LogP contribution in [-0.2, 0) is 6.61 Å². The van der Waals surface area contributed by atoms with E-state index in [1.165, 1.54) is 0 Å². The predicted octanol–water partition coefficient (Wildman–Crippen LogP) is 2.29. The van der Waals surface area contributed by atoms with Crippen molar-refractivity contribution in [3.8, 4) is 11.6 Å². The minimum Gasteiger partial charge on any atom is -0.496 e. The summed E-state index contributed by atoms with van der Waals surface area (Å²) in [5.41, 5.74) is 2.45. The molecule has 1 aromatic carbocycles. The van der Waals surface area contributed by atoms with Crippen LogP contribution in [0.5, 0.6) is 11.6 Å². The van der Waals surface area contributed by atoms with Crippen LogP contribution in [0.1, 0.15) is 40.4 Å². The summed E-state index contributed by atoms with van der Waals surface area (Å²) in [6.07, 6.45) is 2.00. The van der Waals surface area contributed by atoms with Crippen molar-refractivity contribution < 1.29 is 14.3 Å². The first-order valence-electron chi connectivity index (χ1n) is 9.09. The topological polar surface area (TPSA) is 63.7 Å². The van der Waals surface area contributed by atoms with E-state index in [2.05, 4.69) is 10.3 Å². The molecule has 27 heavy (non-hydrogen) atoms. The van der Waals surface area contributed by atoms with Crippen LogP contribution >= 0.6 is 0 Å². The summed E-state index contributed by atoms with van der Waals surface area (Å²) in [5, 5.41) is 2.60. The molecule has 1 fully saturated rings. The molecule has 2 heterocycles. The number of nitrogens with zero attached hydrogens (tertiary/aromatic N) is 2. The van der Waals surface area contributed by atoms with E-state index >= 15 is 0 Å². The highest BCUT2D eigenvalue weighted by Gasteiger charge is 2.19. The molecular formula is C20H24BN3O3. The average Bonchev–Trinajstić information content (AvgIpc) is 2.72. The van der Waals surface area contributed by atoms with Crippen molar-refractivity contribution in [3.05, 3.63) is 53.2 Å². The summed E-state index contributed by atoms with van der Waals surface area (Å²) in [7, 11) is 9.01. The van der Waals surface area contributed by atoms with E-state index in [0.717, 1.165) is 37.2 Å². The highest BCUT2D eigenvalue weighted by molar-refractivity contribution is 6.04. The van der Waals surface area contributed by atoms with Crippen LogP contribution in [0.4, 0.5) is 0 Å². The van der Waals surface area contributed by atoms with Crippen LogP contribution in [0.15, 0.2) is 36.4 Å². The molecule has 140 valence electrons. The summed E-state index contributed by atoms with van der Waals surface area (Å²) in [5.74, 6) is 1.45. The van der Waals surface area contributed by atoms with Gasteiger partial charge in [0.1, 0.15) is 12.4 Å². The van der Waals surface area contributed by atoms with Crippen molar-refractivity contribution >= 4 is 13.9 Å². The lowest BCUT2D eigenvalue weighted by Gasteiger charge is -2.29. The number of carbonyl (C=O) groups excluding carboxylic acids is 1. The molecule has 0 bridgehead atoms. The average molecular weight is 365 g/mol. The minimum absolute atomic E-state index is 0.154. The third-order valence-corrected chi connectivity index (χ3v) is 4.84. The smallest absolute Gasteiger partial charge is 0.251 e. The number of piperidine rings is 1. The number of rotatable bonds is 6. The maximum absolute atomic E-state index is 11.8. The lowest BCUT2D eigenvalue weighted by Crippen LogP contribution is -2.30. The molecule has 1 aliphatic rings. The van der Waals surface area contributed by atoms with E-state index in [1.807, 2.05) is 29.1 Å². The van der Waals surface area contributed by atoms with Crippen LogP contribution in [0.3, 0.4) is 0 Å². The van der Waals surface area contributed by atoms with Crippen molar-refractivity contribution in [1.29, 1.82) is 0 Å². The largest absolute Gasteiger partial charge is 0.496 e. The number of hydrogen-bond donors (Lipinski definition) is 1. The zero-order chi connectivity index (χ0) is 19.2. The molecule has 1 saturated heterocycles. The van der Waals surface area contributed by atoms with Gasteiger partial charge in [0, 0.05) is 35.9 Å². The first kappa shape index (κ1) is 19.2. The van der Waals surface area contributed by atoms with Crippen molar-refractivity contribution in [1.82, 2.24) is 15.1 Å². The molecule has 3 rings (SSSR count). The van der Waals surface area contributed by atoms with Gasteiger partial charge in [-0.05, 0) is 44.1 Å². The number of methoxy groups -OCH3 is 1. The number of ether oxygens (including phenoxy) is 2. The van der Waals surface area contributed by atoms with E-state index in [-0.39, 0.29) is 5.91 Å². The third-order valence-electron chi connectivity index (χ3n) is 4.84. The quantitative estimate of drug-likeness (QED) is 0.796. The second kappa shape index (κ2) is 8.91. The molecule has 0 atom stereocenters. The molecule has 0 spiro atoms. The standard InChI is InChI=1S/C20H24BN3O3/c1-22-20(25)15-6-7-16(18(12-15)26-2)13-27-19-5-3-4-17(23-19)14-8-10-24(21)11-9-14/h3-7,12,14H,8-11,13H2,1-2H3,(H,22,25). The Labute approximate surface area is 161 Å². The van der Waals surface area contributed by atoms with Crippen LogP contribution < -0.4 is 14.8 Å². The molecule has 7 heteroatoms. The summed E-state index contributed by atoms with van der Waals surface area (Å²) in [6, 6.07) is 11.2. The first-order chi connectivity index (χ1) is 13.1. The van der Waals surface area contributed by atoms with Gasteiger partial charge in [0.2, 0.25) is 5.88 Å². The Morgan fingerprint density at radius 1 is 1.30 bits per heavy atom. The number of amides is 1. The molecule has 6 nitrogen and oxygen atoms in total. The lowest BCUT2D eigenvalue weighted by molar-refractivity contribution is 0.0962. The fourth-order valence-corrected chi connectivity index (χ4v) is 3.23. The van der Waals surface area contributed by atoms with E-state index in [0.29, 0.717) is 29.7 Å². The Bertz CT molecular complexity index is 792. The maximum atomic E-state index is 11.8. The fourth-order valence-electron chi connectivity index (χ4n) is 3.23. The molecule has 1 aromatic heterocycles. The predicted molar refractivity (Wildman–Crippen MR) is 104 cm³/mol. The van der Waals surface area contributed by atoms with Crippen LogP contribution in [0, 0.1) is 0 Å². The first-order valence-corrected chi connectivity index (χ1v) is 9.09. The Hall–Kier alpha value is -2.54. The van der Waals surface area contributed by atoms with E-state index in [9.17, 15) is 4.79 Å². The molecule has 1 aliphatic heterocycles. The number of hydrogen-bond acceptors (Lipinski definition) is 5. The Morgan fingerprint density at radius 3 is 2.78 bits per heavy atom. The number of aromatic nitrogens is 1. The van der Waals surface area contributed by atoms with Gasteiger partial charge in [-0.1, -0.05) is 12.1 Å². The molecular weight excluding hydrogens is 341 g/mol. The molecule has 0 unspecified atom stereocenters. The summed E-state index contributed by atoms with van der Waals surface area (Å²) < 4.78 is 11.3. The van der Waals surface area contributed by atoms with Gasteiger partial charge in [-0.3, -0.25) is 4.79 Å². The van der Waals surface area contributed by atoms with E-state index < -0.39 is 0 Å². The fraction of sp³-hybridized carbons (Fsp3) is 0.400. The van der Waals surface area contributed by atoms with E-state index in [1.54, 1.807) is 26.3 Å². The second-order valence-corrected chi connectivity index (χ2v) is 6.61. The van der Waals surface area contributed by atoms with Gasteiger partial charge in [-0.25, -0.2) is 4.98 Å². The summed E-state index contributed by atoms with van der Waals surface area (Å²) >= 11 is 0. The summed E-state index contributed by atoms with van der Waals surface area (Å²) in [4.78, 5) is 18.3. The van der Waals surface area contributed by atoms with Gasteiger partial charge in [-0.15, -0.1) is 0 Å². The monoisotopic (exact) mass is 365 g/mol. The van der Waals surface area contributed by atoms with Crippen LogP contribution in [-0.4, -0.2) is 50.9 Å². The lowest BCUT2D eigenvalue weighted by atomic mass is 9.92. The van der Waals surface area contributed by atoms with Gasteiger partial charge < -0.3 is 19.6 Å². The Morgan fingerprint density at radius 2 is 2.07 bits per heavy atom. The van der Waals surface area contributed by atoms with Crippen molar-refractivity contribution in [2.45, 2.75) is 25.4 Å². The minimum atomic E-state index is -0.154. The highest BCUT2D eigenvalue weighted by atomic mass is 16.5. The maximum Gasteiger partial charge on any atom is 0.251 e. The third kappa shape index (κ3) is 4.80. The number of nitrogens with one attached hydrogen (secondary N) is 1. The normalized spacial score (nSPS) is 15.3. The molecule has 2 aromatic rings. The van der Waals surface area contributed by atoms with Crippen LogP contribution in [0.2, 0.25) is 0 Å². The van der Waals surface area contributed by atoms with E-state index in [4.69, 9.17) is 17.5 Å². The number of carbonyl (C=O) groups is 1. The number of benzene rings is 1. The van der Waals surface area contributed by atoms with Gasteiger partial charge in [0.25, 0.3) is 5.91 Å². The van der Waals surface area contributed by atoms with Crippen molar-refractivity contribution in [3.63, 3.8) is 0 Å². The summed E-state index contributed by atoms with van der Waals surface area (Å²) in [6.45, 7) is 2.08. The molecule has 0 aliphatic carbocycles. The zero-order valence-corrected chi connectivity index (χ0v) is 15.8. The van der Waals surface area contributed by atoms with Gasteiger partial charge in [0.15, 0.2) is 7.98 Å². The zero-order valence-electron chi connectivity index (χ0n) is 15.8.